The van der Waals surface area contributed by atoms with E-state index >= 15 is 0 Å². The first kappa shape index (κ1) is 14.1. The Bertz CT molecular complexity index is 1050. The van der Waals surface area contributed by atoms with E-state index < -0.39 is 0 Å². The van der Waals surface area contributed by atoms with Gasteiger partial charge in [-0.1, -0.05) is 18.2 Å². The first-order valence-corrected chi connectivity index (χ1v) is 7.42. The predicted molar refractivity (Wildman–Crippen MR) is 92.7 cm³/mol. The molecule has 0 spiro atoms. The van der Waals surface area contributed by atoms with Gasteiger partial charge in [0.15, 0.2) is 5.52 Å². The van der Waals surface area contributed by atoms with Gasteiger partial charge in [-0.3, -0.25) is 14.3 Å². The Morgan fingerprint density at radius 2 is 1.83 bits per heavy atom. The van der Waals surface area contributed by atoms with Crippen LogP contribution in [-0.2, 0) is 0 Å². The summed E-state index contributed by atoms with van der Waals surface area (Å²) in [4.78, 5) is 25.5. The number of benzene rings is 1. The van der Waals surface area contributed by atoms with Gasteiger partial charge in [0, 0.05) is 11.9 Å². The number of pyridine rings is 2. The molecule has 0 bridgehead atoms. The molecule has 0 unspecified atom stereocenters. The number of fused-ring (bicyclic) bond motifs is 1. The zero-order chi connectivity index (χ0) is 16.4. The highest BCUT2D eigenvalue weighted by Gasteiger charge is 2.08. The van der Waals surface area contributed by atoms with Crippen molar-refractivity contribution >= 4 is 22.5 Å². The molecule has 0 radical (unpaired) electrons. The van der Waals surface area contributed by atoms with Crippen molar-refractivity contribution in [2.75, 3.05) is 5.32 Å². The van der Waals surface area contributed by atoms with Crippen LogP contribution in [0.3, 0.4) is 0 Å². The molecule has 3 aromatic heterocycles. The Balaban J connectivity index is 1.81. The molecule has 116 valence electrons. The number of nitrogens with one attached hydrogen (secondary N) is 1. The van der Waals surface area contributed by atoms with Gasteiger partial charge >= 0.3 is 0 Å². The lowest BCUT2D eigenvalue weighted by Gasteiger charge is -2.08. The van der Waals surface area contributed by atoms with Crippen molar-refractivity contribution in [2.24, 2.45) is 0 Å². The van der Waals surface area contributed by atoms with Crippen LogP contribution in [0.2, 0.25) is 0 Å². The lowest BCUT2D eigenvalue weighted by atomic mass is 10.3. The molecule has 0 amide bonds. The highest BCUT2D eigenvalue weighted by molar-refractivity contribution is 5.76. The fourth-order valence-corrected chi connectivity index (χ4v) is 2.42. The second kappa shape index (κ2) is 5.92. The summed E-state index contributed by atoms with van der Waals surface area (Å²) in [5.41, 5.74) is 2.19. The number of hydrogen-bond donors (Lipinski definition) is 1. The fourth-order valence-electron chi connectivity index (χ4n) is 2.42. The number of rotatable bonds is 3. The quantitative estimate of drug-likeness (QED) is 0.629. The van der Waals surface area contributed by atoms with Crippen molar-refractivity contribution < 1.29 is 0 Å². The number of para-hydroxylation sites is 1. The monoisotopic (exact) mass is 315 g/mol. The van der Waals surface area contributed by atoms with Gasteiger partial charge in [0.1, 0.15) is 12.1 Å². The third-order valence-corrected chi connectivity index (χ3v) is 3.58. The molecule has 24 heavy (non-hydrogen) atoms. The minimum Gasteiger partial charge on any atom is -0.340 e. The van der Waals surface area contributed by atoms with E-state index in [-0.39, 0.29) is 5.56 Å². The van der Waals surface area contributed by atoms with E-state index in [1.54, 1.807) is 36.7 Å². The van der Waals surface area contributed by atoms with E-state index in [9.17, 15) is 4.79 Å². The molecule has 0 atom stereocenters. The predicted octanol–water partition coefficient (Wildman–Crippen LogP) is 2.92. The van der Waals surface area contributed by atoms with E-state index in [1.165, 1.54) is 10.9 Å². The molecule has 4 rings (SSSR count). The Morgan fingerprint density at radius 3 is 2.62 bits per heavy atom. The zero-order valence-electron chi connectivity index (χ0n) is 12.6. The van der Waals surface area contributed by atoms with Crippen LogP contribution in [0.5, 0.6) is 0 Å². The van der Waals surface area contributed by atoms with Gasteiger partial charge < -0.3 is 5.32 Å². The van der Waals surface area contributed by atoms with Crippen molar-refractivity contribution in [2.45, 2.75) is 0 Å². The van der Waals surface area contributed by atoms with Crippen molar-refractivity contribution in [3.05, 3.63) is 83.7 Å². The van der Waals surface area contributed by atoms with Crippen LogP contribution < -0.4 is 10.9 Å². The molecule has 0 aliphatic heterocycles. The average molecular weight is 315 g/mol. The normalized spacial score (nSPS) is 10.7. The molecule has 3 heterocycles. The third-order valence-electron chi connectivity index (χ3n) is 3.58. The topological polar surface area (TPSA) is 72.7 Å². The van der Waals surface area contributed by atoms with Crippen LogP contribution in [0.25, 0.3) is 16.7 Å². The largest absolute Gasteiger partial charge is 0.340 e. The van der Waals surface area contributed by atoms with Crippen LogP contribution in [-0.4, -0.2) is 19.5 Å². The summed E-state index contributed by atoms with van der Waals surface area (Å²) in [5, 5.41) is 3.18. The average Bonchev–Trinajstić information content (AvgIpc) is 2.64. The van der Waals surface area contributed by atoms with Gasteiger partial charge in [0.05, 0.1) is 17.4 Å². The summed E-state index contributed by atoms with van der Waals surface area (Å²) in [5.74, 6) is 0.594. The summed E-state index contributed by atoms with van der Waals surface area (Å²) in [6.45, 7) is 0. The second-order valence-corrected chi connectivity index (χ2v) is 5.19. The molecule has 0 fully saturated rings. The number of hydrogen-bond acceptors (Lipinski definition) is 5. The molecular weight excluding hydrogens is 302 g/mol. The molecule has 0 saturated carbocycles. The van der Waals surface area contributed by atoms with Crippen LogP contribution in [0.4, 0.5) is 11.5 Å². The molecule has 4 aromatic rings. The maximum atomic E-state index is 12.7. The summed E-state index contributed by atoms with van der Waals surface area (Å²) in [6, 6.07) is 16.8. The minimum atomic E-state index is -0.232. The van der Waals surface area contributed by atoms with E-state index in [1.807, 2.05) is 30.3 Å². The maximum Gasteiger partial charge on any atom is 0.284 e. The summed E-state index contributed by atoms with van der Waals surface area (Å²) < 4.78 is 1.44. The minimum absolute atomic E-state index is 0.232. The highest BCUT2D eigenvalue weighted by Crippen LogP contribution is 2.16. The van der Waals surface area contributed by atoms with Crippen LogP contribution in [0.15, 0.2) is 78.1 Å². The molecule has 6 heteroatoms. The molecule has 0 saturated heterocycles. The van der Waals surface area contributed by atoms with Gasteiger partial charge in [0.2, 0.25) is 0 Å². The van der Waals surface area contributed by atoms with Gasteiger partial charge in [-0.15, -0.1) is 0 Å². The van der Waals surface area contributed by atoms with E-state index in [2.05, 4.69) is 20.3 Å². The molecule has 1 aromatic carbocycles. The van der Waals surface area contributed by atoms with Gasteiger partial charge in [-0.25, -0.2) is 9.97 Å². The van der Waals surface area contributed by atoms with Crippen LogP contribution >= 0.6 is 0 Å². The number of anilines is 2. The molecule has 1 N–H and O–H groups in total. The lowest BCUT2D eigenvalue weighted by molar-refractivity contribution is 0.946. The Hall–Kier alpha value is -3.54. The van der Waals surface area contributed by atoms with Gasteiger partial charge in [0.25, 0.3) is 5.56 Å². The lowest BCUT2D eigenvalue weighted by Crippen LogP contribution is -2.20. The van der Waals surface area contributed by atoms with Gasteiger partial charge in [-0.2, -0.15) is 0 Å². The molecular formula is C18H13N5O. The van der Waals surface area contributed by atoms with E-state index in [4.69, 9.17) is 0 Å². The first-order valence-electron chi connectivity index (χ1n) is 7.42. The molecule has 6 nitrogen and oxygen atoms in total. The smallest absolute Gasteiger partial charge is 0.284 e. The third kappa shape index (κ3) is 2.61. The fraction of sp³-hybridized carbons (Fsp3) is 0. The molecule has 0 aliphatic carbocycles. The Kier molecular flexibility index (Phi) is 3.47. The van der Waals surface area contributed by atoms with Crippen molar-refractivity contribution in [3.63, 3.8) is 0 Å². The second-order valence-electron chi connectivity index (χ2n) is 5.19. The summed E-state index contributed by atoms with van der Waals surface area (Å²) >= 11 is 0. The zero-order valence-corrected chi connectivity index (χ0v) is 12.6. The number of nitrogens with zero attached hydrogens (tertiary/aromatic N) is 4. The van der Waals surface area contributed by atoms with Crippen molar-refractivity contribution in [1.29, 1.82) is 0 Å². The van der Waals surface area contributed by atoms with Crippen LogP contribution in [0.1, 0.15) is 0 Å². The summed E-state index contributed by atoms with van der Waals surface area (Å²) in [6.07, 6.45) is 4.76. The SMILES string of the molecule is O=c1c2nc(Nc3ccccc3)ccc2ncn1-c1cccnc1. The molecule has 0 aliphatic rings. The van der Waals surface area contributed by atoms with Crippen molar-refractivity contribution in [1.82, 2.24) is 19.5 Å². The standard InChI is InChI=1S/C18H13N5O/c24-18-17-15(20-12-23(18)14-7-4-10-19-11-14)8-9-16(22-17)21-13-5-2-1-3-6-13/h1-12H,(H,21,22). The van der Waals surface area contributed by atoms with Crippen molar-refractivity contribution in [3.8, 4) is 5.69 Å². The Morgan fingerprint density at radius 1 is 0.958 bits per heavy atom. The van der Waals surface area contributed by atoms with E-state index in [0.717, 1.165) is 5.69 Å². The number of aromatic nitrogens is 4. The highest BCUT2D eigenvalue weighted by atomic mass is 16.1. The maximum absolute atomic E-state index is 12.7. The van der Waals surface area contributed by atoms with Gasteiger partial charge in [-0.05, 0) is 36.4 Å². The van der Waals surface area contributed by atoms with Crippen LogP contribution in [0, 0.1) is 0 Å². The Labute approximate surface area is 137 Å². The first-order chi connectivity index (χ1) is 11.8. The summed E-state index contributed by atoms with van der Waals surface area (Å²) in [7, 11) is 0. The van der Waals surface area contributed by atoms with E-state index in [0.29, 0.717) is 22.5 Å².